The first-order valence-corrected chi connectivity index (χ1v) is 16.5. The van der Waals surface area contributed by atoms with Crippen LogP contribution in [0.4, 0.5) is 5.69 Å². The number of benzene rings is 4. The number of aryl methyl sites for hydroxylation is 1. The Morgan fingerprint density at radius 2 is 1.45 bits per heavy atom. The number of likely N-dealkylation sites (N-methyl/N-ethyl adjacent to an activating group) is 1. The van der Waals surface area contributed by atoms with Gasteiger partial charge in [-0.25, -0.2) is 8.42 Å². The summed E-state index contributed by atoms with van der Waals surface area (Å²) in [5.41, 5.74) is 2.08. The second-order valence-electron chi connectivity index (χ2n) is 10.1. The van der Waals surface area contributed by atoms with Gasteiger partial charge in [-0.2, -0.15) is 0 Å². The maximum absolute atomic E-state index is 14.5. The van der Waals surface area contributed by atoms with Gasteiger partial charge in [-0.05, 0) is 67.4 Å². The van der Waals surface area contributed by atoms with Crippen molar-refractivity contribution in [1.82, 2.24) is 10.2 Å². The van der Waals surface area contributed by atoms with Crippen molar-refractivity contribution in [3.63, 3.8) is 0 Å². The van der Waals surface area contributed by atoms with Crippen LogP contribution in [0.25, 0.3) is 0 Å². The Hall–Kier alpha value is -3.56. The van der Waals surface area contributed by atoms with Crippen molar-refractivity contribution >= 4 is 62.3 Å². The molecule has 0 aromatic heterocycles. The Morgan fingerprint density at radius 1 is 0.841 bits per heavy atom. The first-order valence-electron chi connectivity index (χ1n) is 13.9. The number of halogens is 3. The lowest BCUT2D eigenvalue weighted by molar-refractivity contribution is -0.140. The van der Waals surface area contributed by atoms with Crippen LogP contribution in [0.5, 0.6) is 0 Å². The van der Waals surface area contributed by atoms with E-state index in [9.17, 15) is 18.0 Å². The third-order valence-electron chi connectivity index (χ3n) is 7.05. The van der Waals surface area contributed by atoms with E-state index >= 15 is 0 Å². The Labute approximate surface area is 273 Å². The summed E-state index contributed by atoms with van der Waals surface area (Å²) in [6, 6.07) is 25.8. The number of nitrogens with one attached hydrogen (secondary N) is 1. The maximum atomic E-state index is 14.5. The van der Waals surface area contributed by atoms with E-state index < -0.39 is 34.4 Å². The first kappa shape index (κ1) is 33.3. The van der Waals surface area contributed by atoms with Gasteiger partial charge < -0.3 is 10.2 Å². The molecule has 0 aliphatic rings. The molecule has 1 atom stereocenters. The topological polar surface area (TPSA) is 86.8 Å². The Bertz CT molecular complexity index is 1700. The molecule has 0 fully saturated rings. The SMILES string of the molecule is CCNC(=O)[C@@H](Cc1ccccc1)N(Cc1c(Cl)cccc1Cl)C(=O)CN(c1ccc(Cl)cc1C)S(=O)(=O)c1ccccc1. The molecule has 2 amide bonds. The highest BCUT2D eigenvalue weighted by molar-refractivity contribution is 7.92. The normalized spacial score (nSPS) is 11.9. The van der Waals surface area contributed by atoms with E-state index in [-0.39, 0.29) is 23.5 Å². The summed E-state index contributed by atoms with van der Waals surface area (Å²) in [4.78, 5) is 29.4. The molecule has 0 saturated carbocycles. The van der Waals surface area contributed by atoms with Crippen molar-refractivity contribution in [2.75, 3.05) is 17.4 Å². The Balaban J connectivity index is 1.85. The average molecular weight is 673 g/mol. The van der Waals surface area contributed by atoms with Gasteiger partial charge in [0.25, 0.3) is 10.0 Å². The number of hydrogen-bond acceptors (Lipinski definition) is 4. The van der Waals surface area contributed by atoms with Crippen LogP contribution in [0, 0.1) is 6.92 Å². The lowest BCUT2D eigenvalue weighted by atomic mass is 10.0. The highest BCUT2D eigenvalue weighted by Crippen LogP contribution is 2.31. The fourth-order valence-electron chi connectivity index (χ4n) is 4.83. The van der Waals surface area contributed by atoms with E-state index in [0.29, 0.717) is 32.7 Å². The summed E-state index contributed by atoms with van der Waals surface area (Å²) < 4.78 is 29.2. The van der Waals surface area contributed by atoms with Crippen molar-refractivity contribution in [3.05, 3.63) is 129 Å². The molecular formula is C33H32Cl3N3O4S. The molecule has 0 radical (unpaired) electrons. The van der Waals surface area contributed by atoms with E-state index in [4.69, 9.17) is 34.8 Å². The zero-order valence-electron chi connectivity index (χ0n) is 24.2. The van der Waals surface area contributed by atoms with E-state index in [2.05, 4.69) is 5.32 Å². The highest BCUT2D eigenvalue weighted by Gasteiger charge is 2.35. The standard InChI is InChI=1S/C33H32Cl3N3O4S/c1-3-37-33(41)31(20-24-11-6-4-7-12-24)38(21-27-28(35)15-10-16-29(27)36)32(40)22-39(30-18-17-25(34)19-23(30)2)44(42,43)26-13-8-5-9-14-26/h4-19,31H,3,20-22H2,1-2H3,(H,37,41)/t31-/m1/s1. The van der Waals surface area contributed by atoms with Crippen molar-refractivity contribution in [2.24, 2.45) is 0 Å². The lowest BCUT2D eigenvalue weighted by Crippen LogP contribution is -2.53. The zero-order valence-corrected chi connectivity index (χ0v) is 27.3. The van der Waals surface area contributed by atoms with Gasteiger partial charge in [-0.1, -0.05) is 89.4 Å². The van der Waals surface area contributed by atoms with Gasteiger partial charge in [-0.15, -0.1) is 0 Å². The molecule has 0 unspecified atom stereocenters. The van der Waals surface area contributed by atoms with E-state index in [0.717, 1.165) is 9.87 Å². The van der Waals surface area contributed by atoms with Crippen molar-refractivity contribution in [2.45, 2.75) is 37.8 Å². The number of hydrogen-bond donors (Lipinski definition) is 1. The molecule has 4 rings (SSSR count). The molecule has 11 heteroatoms. The molecule has 0 spiro atoms. The third-order valence-corrected chi connectivity index (χ3v) is 9.77. The van der Waals surface area contributed by atoms with Gasteiger partial charge in [-0.3, -0.25) is 13.9 Å². The number of carbonyl (C=O) groups is 2. The number of amides is 2. The van der Waals surface area contributed by atoms with E-state index in [1.807, 2.05) is 30.3 Å². The van der Waals surface area contributed by atoms with Crippen LogP contribution in [0.15, 0.2) is 102 Å². The largest absolute Gasteiger partial charge is 0.355 e. The van der Waals surface area contributed by atoms with Gasteiger partial charge in [0, 0.05) is 40.1 Å². The van der Waals surface area contributed by atoms with Crippen molar-refractivity contribution < 1.29 is 18.0 Å². The van der Waals surface area contributed by atoms with Crippen LogP contribution >= 0.6 is 34.8 Å². The van der Waals surface area contributed by atoms with Crippen LogP contribution in [-0.4, -0.2) is 44.3 Å². The van der Waals surface area contributed by atoms with E-state index in [1.54, 1.807) is 68.4 Å². The van der Waals surface area contributed by atoms with Gasteiger partial charge in [0.15, 0.2) is 0 Å². The summed E-state index contributed by atoms with van der Waals surface area (Å²) in [7, 11) is -4.23. The molecule has 44 heavy (non-hydrogen) atoms. The van der Waals surface area contributed by atoms with Crippen LogP contribution in [0.2, 0.25) is 15.1 Å². The van der Waals surface area contributed by atoms with Gasteiger partial charge >= 0.3 is 0 Å². The molecule has 1 N–H and O–H groups in total. The van der Waals surface area contributed by atoms with Gasteiger partial charge in [0.05, 0.1) is 10.6 Å². The molecule has 0 aliphatic heterocycles. The molecule has 0 heterocycles. The average Bonchev–Trinajstić information content (AvgIpc) is 3.00. The molecule has 4 aromatic rings. The first-order chi connectivity index (χ1) is 21.0. The number of anilines is 1. The minimum atomic E-state index is -4.23. The molecule has 0 saturated heterocycles. The molecule has 230 valence electrons. The number of nitrogens with zero attached hydrogens (tertiary/aromatic N) is 2. The summed E-state index contributed by atoms with van der Waals surface area (Å²) in [5, 5.41) is 3.87. The monoisotopic (exact) mass is 671 g/mol. The number of rotatable bonds is 12. The summed E-state index contributed by atoms with van der Waals surface area (Å²) in [6.07, 6.45) is 0.173. The van der Waals surface area contributed by atoms with Crippen LogP contribution in [0.3, 0.4) is 0 Å². The predicted molar refractivity (Wildman–Crippen MR) is 177 cm³/mol. The maximum Gasteiger partial charge on any atom is 0.264 e. The minimum Gasteiger partial charge on any atom is -0.355 e. The quantitative estimate of drug-likeness (QED) is 0.177. The minimum absolute atomic E-state index is 0.00686. The van der Waals surface area contributed by atoms with Crippen LogP contribution in [0.1, 0.15) is 23.6 Å². The Kier molecular flexibility index (Phi) is 11.3. The molecule has 4 aromatic carbocycles. The lowest BCUT2D eigenvalue weighted by Gasteiger charge is -2.34. The molecule has 7 nitrogen and oxygen atoms in total. The number of carbonyl (C=O) groups excluding carboxylic acids is 2. The Morgan fingerprint density at radius 3 is 2.05 bits per heavy atom. The molecular weight excluding hydrogens is 641 g/mol. The van der Waals surface area contributed by atoms with Crippen LogP contribution in [-0.2, 0) is 32.6 Å². The summed E-state index contributed by atoms with van der Waals surface area (Å²) in [6.45, 7) is 3.09. The summed E-state index contributed by atoms with van der Waals surface area (Å²) >= 11 is 19.3. The second-order valence-corrected chi connectivity index (χ2v) is 13.2. The molecule has 0 bridgehead atoms. The molecule has 0 aliphatic carbocycles. The number of sulfonamides is 1. The van der Waals surface area contributed by atoms with Crippen molar-refractivity contribution in [1.29, 1.82) is 0 Å². The predicted octanol–water partition coefficient (Wildman–Crippen LogP) is 6.93. The fourth-order valence-corrected chi connectivity index (χ4v) is 7.07. The summed E-state index contributed by atoms with van der Waals surface area (Å²) in [5.74, 6) is -1.02. The van der Waals surface area contributed by atoms with Crippen molar-refractivity contribution in [3.8, 4) is 0 Å². The van der Waals surface area contributed by atoms with Gasteiger partial charge in [0.1, 0.15) is 12.6 Å². The highest BCUT2D eigenvalue weighted by atomic mass is 35.5. The second kappa shape index (κ2) is 14.9. The third kappa shape index (κ3) is 7.93. The van der Waals surface area contributed by atoms with Crippen LogP contribution < -0.4 is 9.62 Å². The fraction of sp³-hybridized carbons (Fsp3) is 0.212. The van der Waals surface area contributed by atoms with Gasteiger partial charge in [0.2, 0.25) is 11.8 Å². The smallest absolute Gasteiger partial charge is 0.264 e. The van der Waals surface area contributed by atoms with E-state index in [1.165, 1.54) is 17.0 Å². The zero-order chi connectivity index (χ0) is 31.9.